The fraction of sp³-hybridized carbons (Fsp3) is 0.562. The van der Waals surface area contributed by atoms with Gasteiger partial charge in [0, 0.05) is 6.54 Å². The molecule has 0 fully saturated rings. The second kappa shape index (κ2) is 8.00. The molecule has 0 aromatic heterocycles. The molecule has 1 amide bonds. The molecule has 1 aromatic rings. The van der Waals surface area contributed by atoms with Gasteiger partial charge in [-0.2, -0.15) is 0 Å². The van der Waals surface area contributed by atoms with Gasteiger partial charge >= 0.3 is 0 Å². The molecule has 1 aromatic carbocycles. The quantitative estimate of drug-likeness (QED) is 0.807. The largest absolute Gasteiger partial charge is 0.391 e. The Labute approximate surface area is 120 Å². The Morgan fingerprint density at radius 2 is 2.00 bits per heavy atom. The Morgan fingerprint density at radius 3 is 2.55 bits per heavy atom. The van der Waals surface area contributed by atoms with E-state index >= 15 is 0 Å². The van der Waals surface area contributed by atoms with Gasteiger partial charge in [-0.1, -0.05) is 38.8 Å². The van der Waals surface area contributed by atoms with Crippen molar-refractivity contribution < 1.29 is 14.3 Å². The van der Waals surface area contributed by atoms with Crippen molar-refractivity contribution in [2.75, 3.05) is 6.54 Å². The minimum absolute atomic E-state index is 0.194. The summed E-state index contributed by atoms with van der Waals surface area (Å²) in [4.78, 5) is 12.0. The molecular weight excluding hydrogens is 257 g/mol. The highest BCUT2D eigenvalue weighted by atomic mass is 19.1. The summed E-state index contributed by atoms with van der Waals surface area (Å²) in [6.45, 7) is 6.02. The molecule has 3 nitrogen and oxygen atoms in total. The number of hydrogen-bond acceptors (Lipinski definition) is 2. The molecular formula is C16H24FNO2. The number of carbonyl (C=O) groups is 1. The van der Waals surface area contributed by atoms with E-state index < -0.39 is 12.0 Å². The lowest BCUT2D eigenvalue weighted by atomic mass is 9.96. The van der Waals surface area contributed by atoms with Gasteiger partial charge in [0.15, 0.2) is 0 Å². The molecule has 0 spiro atoms. The maximum atomic E-state index is 13.1. The van der Waals surface area contributed by atoms with Gasteiger partial charge in [-0.25, -0.2) is 4.39 Å². The molecule has 0 aliphatic carbocycles. The van der Waals surface area contributed by atoms with E-state index in [1.807, 2.05) is 13.8 Å². The van der Waals surface area contributed by atoms with E-state index in [4.69, 9.17) is 0 Å². The van der Waals surface area contributed by atoms with Crippen LogP contribution in [0.4, 0.5) is 4.39 Å². The second-order valence-electron chi connectivity index (χ2n) is 5.17. The van der Waals surface area contributed by atoms with Crippen LogP contribution in [0, 0.1) is 11.7 Å². The number of amides is 1. The summed E-state index contributed by atoms with van der Waals surface area (Å²) < 4.78 is 13.1. The van der Waals surface area contributed by atoms with Crippen molar-refractivity contribution in [3.8, 4) is 0 Å². The molecule has 2 N–H and O–H groups in total. The van der Waals surface area contributed by atoms with Crippen molar-refractivity contribution >= 4 is 5.91 Å². The zero-order valence-electron chi connectivity index (χ0n) is 12.4. The summed E-state index contributed by atoms with van der Waals surface area (Å²) in [7, 11) is 0. The number of rotatable bonds is 7. The minimum atomic E-state index is -0.534. The number of nitrogens with one attached hydrogen (secondary N) is 1. The van der Waals surface area contributed by atoms with Gasteiger partial charge in [0.1, 0.15) is 5.82 Å². The molecule has 2 unspecified atom stereocenters. The summed E-state index contributed by atoms with van der Waals surface area (Å²) >= 11 is 0. The van der Waals surface area contributed by atoms with Crippen molar-refractivity contribution in [1.82, 2.24) is 5.32 Å². The lowest BCUT2D eigenvalue weighted by Gasteiger charge is -2.21. The molecule has 112 valence electrons. The molecule has 0 saturated carbocycles. The van der Waals surface area contributed by atoms with Crippen molar-refractivity contribution in [2.24, 2.45) is 5.92 Å². The molecule has 0 aliphatic rings. The van der Waals surface area contributed by atoms with Crippen LogP contribution in [0.25, 0.3) is 0 Å². The van der Waals surface area contributed by atoms with Crippen molar-refractivity contribution in [3.05, 3.63) is 35.6 Å². The SMILES string of the molecule is CCC(CC)C(O)CNC(=O)C(C)c1cccc(F)c1. The fourth-order valence-electron chi connectivity index (χ4n) is 2.29. The van der Waals surface area contributed by atoms with Crippen LogP contribution < -0.4 is 5.32 Å². The van der Waals surface area contributed by atoms with Gasteiger partial charge in [0.05, 0.1) is 12.0 Å². The first-order chi connectivity index (χ1) is 9.49. The maximum Gasteiger partial charge on any atom is 0.227 e. The topological polar surface area (TPSA) is 49.3 Å². The van der Waals surface area contributed by atoms with E-state index in [2.05, 4.69) is 5.32 Å². The Bertz CT molecular complexity index is 432. The summed E-state index contributed by atoms with van der Waals surface area (Å²) in [5.74, 6) is -0.779. The van der Waals surface area contributed by atoms with Gasteiger partial charge in [-0.15, -0.1) is 0 Å². The highest BCUT2D eigenvalue weighted by Crippen LogP contribution is 2.17. The van der Waals surface area contributed by atoms with E-state index in [1.165, 1.54) is 12.1 Å². The van der Waals surface area contributed by atoms with Crippen molar-refractivity contribution in [3.63, 3.8) is 0 Å². The molecule has 2 atom stereocenters. The summed E-state index contributed by atoms with van der Waals surface area (Å²) in [6, 6.07) is 6.03. The smallest absolute Gasteiger partial charge is 0.227 e. The highest BCUT2D eigenvalue weighted by molar-refractivity contribution is 5.83. The van der Waals surface area contributed by atoms with E-state index in [9.17, 15) is 14.3 Å². The van der Waals surface area contributed by atoms with E-state index in [-0.39, 0.29) is 24.2 Å². The van der Waals surface area contributed by atoms with Gasteiger partial charge in [-0.3, -0.25) is 4.79 Å². The number of carbonyl (C=O) groups excluding carboxylic acids is 1. The predicted octanol–water partition coefficient (Wildman–Crippen LogP) is 2.84. The number of aliphatic hydroxyl groups is 1. The highest BCUT2D eigenvalue weighted by Gasteiger charge is 2.19. The summed E-state index contributed by atoms with van der Waals surface area (Å²) in [5.41, 5.74) is 0.638. The van der Waals surface area contributed by atoms with Crippen molar-refractivity contribution in [2.45, 2.75) is 45.6 Å². The van der Waals surface area contributed by atoms with Crippen LogP contribution in [0.2, 0.25) is 0 Å². The normalized spacial score (nSPS) is 14.1. The third kappa shape index (κ3) is 4.60. The third-order valence-corrected chi connectivity index (χ3v) is 3.82. The fourth-order valence-corrected chi connectivity index (χ4v) is 2.29. The third-order valence-electron chi connectivity index (χ3n) is 3.82. The Hall–Kier alpha value is -1.42. The average Bonchev–Trinajstić information content (AvgIpc) is 2.45. The average molecular weight is 281 g/mol. The first kappa shape index (κ1) is 16.6. The molecule has 20 heavy (non-hydrogen) atoms. The zero-order chi connectivity index (χ0) is 15.1. The lowest BCUT2D eigenvalue weighted by Crippen LogP contribution is -2.37. The molecule has 0 aliphatic heterocycles. The Balaban J connectivity index is 2.54. The van der Waals surface area contributed by atoms with Gasteiger partial charge in [0.25, 0.3) is 0 Å². The summed E-state index contributed by atoms with van der Waals surface area (Å²) in [5, 5.41) is 12.7. The number of aliphatic hydroxyl groups excluding tert-OH is 1. The van der Waals surface area contributed by atoms with Gasteiger partial charge in [0.2, 0.25) is 5.91 Å². The van der Waals surface area contributed by atoms with E-state index in [1.54, 1.807) is 19.1 Å². The van der Waals surface area contributed by atoms with Crippen LogP contribution in [0.5, 0.6) is 0 Å². The molecule has 0 bridgehead atoms. The van der Waals surface area contributed by atoms with E-state index in [0.29, 0.717) is 5.56 Å². The van der Waals surface area contributed by atoms with Crippen LogP contribution >= 0.6 is 0 Å². The van der Waals surface area contributed by atoms with Gasteiger partial charge in [-0.05, 0) is 30.5 Å². The number of halogens is 1. The number of benzene rings is 1. The lowest BCUT2D eigenvalue weighted by molar-refractivity contribution is -0.122. The van der Waals surface area contributed by atoms with Crippen LogP contribution in [0.3, 0.4) is 0 Å². The summed E-state index contributed by atoms with van der Waals surface area (Å²) in [6.07, 6.45) is 1.23. The monoisotopic (exact) mass is 281 g/mol. The standard InChI is InChI=1S/C16H24FNO2/c1-4-12(5-2)15(19)10-18-16(20)11(3)13-7-6-8-14(17)9-13/h6-9,11-12,15,19H,4-5,10H2,1-3H3,(H,18,20). The first-order valence-corrected chi connectivity index (χ1v) is 7.20. The molecule has 0 saturated heterocycles. The van der Waals surface area contributed by atoms with Crippen LogP contribution in [0.15, 0.2) is 24.3 Å². The maximum absolute atomic E-state index is 13.1. The molecule has 0 heterocycles. The zero-order valence-corrected chi connectivity index (χ0v) is 12.4. The number of hydrogen-bond donors (Lipinski definition) is 2. The first-order valence-electron chi connectivity index (χ1n) is 7.20. The van der Waals surface area contributed by atoms with Crippen LogP contribution in [-0.4, -0.2) is 23.7 Å². The van der Waals surface area contributed by atoms with Crippen LogP contribution in [-0.2, 0) is 4.79 Å². The Kier molecular flexibility index (Phi) is 6.65. The van der Waals surface area contributed by atoms with Gasteiger partial charge < -0.3 is 10.4 Å². The van der Waals surface area contributed by atoms with E-state index in [0.717, 1.165) is 12.8 Å². The van der Waals surface area contributed by atoms with Crippen molar-refractivity contribution in [1.29, 1.82) is 0 Å². The Morgan fingerprint density at radius 1 is 1.35 bits per heavy atom. The van der Waals surface area contributed by atoms with Crippen LogP contribution in [0.1, 0.15) is 45.1 Å². The minimum Gasteiger partial charge on any atom is -0.391 e. The predicted molar refractivity (Wildman–Crippen MR) is 77.9 cm³/mol. The second-order valence-corrected chi connectivity index (χ2v) is 5.17. The molecule has 4 heteroatoms. The molecule has 1 rings (SSSR count). The molecule has 0 radical (unpaired) electrons.